The lowest BCUT2D eigenvalue weighted by molar-refractivity contribution is -0.143. The summed E-state index contributed by atoms with van der Waals surface area (Å²) < 4.78 is 46.4. The van der Waals surface area contributed by atoms with Crippen molar-refractivity contribution in [2.75, 3.05) is 38.7 Å². The molecule has 3 N–H and O–H groups in total. The number of carbonyl (C=O) groups is 2. The second-order valence-corrected chi connectivity index (χ2v) is 12.5. The molecule has 4 aromatic rings. The number of hydrogen-bond donors (Lipinski definition) is 3. The zero-order valence-electron chi connectivity index (χ0n) is 25.3. The average molecular weight is 650 g/mol. The third-order valence-corrected chi connectivity index (χ3v) is 9.52. The van der Waals surface area contributed by atoms with E-state index in [9.17, 15) is 28.2 Å². The molecule has 1 amide bonds. The maximum Gasteiger partial charge on any atom is 0.290 e. The van der Waals surface area contributed by atoms with Gasteiger partial charge >= 0.3 is 0 Å². The fourth-order valence-electron chi connectivity index (χ4n) is 5.31. The summed E-state index contributed by atoms with van der Waals surface area (Å²) in [6, 6.07) is 19.6. The summed E-state index contributed by atoms with van der Waals surface area (Å²) in [4.78, 5) is 25.8. The van der Waals surface area contributed by atoms with Crippen molar-refractivity contribution in [3.63, 3.8) is 0 Å². The van der Waals surface area contributed by atoms with E-state index >= 15 is 0 Å². The van der Waals surface area contributed by atoms with Crippen LogP contribution in [0.1, 0.15) is 29.6 Å². The summed E-state index contributed by atoms with van der Waals surface area (Å²) >= 11 is 0. The Morgan fingerprint density at radius 1 is 1.04 bits per heavy atom. The molecular weight excluding hydrogens is 614 g/mol. The van der Waals surface area contributed by atoms with Gasteiger partial charge in [0.05, 0.1) is 36.4 Å². The van der Waals surface area contributed by atoms with E-state index in [1.807, 2.05) is 24.3 Å². The number of sulfonamides is 1. The molecule has 0 radical (unpaired) electrons. The number of nitrogens with one attached hydrogen (secondary N) is 1. The molecule has 0 saturated heterocycles. The van der Waals surface area contributed by atoms with E-state index < -0.39 is 34.7 Å². The van der Waals surface area contributed by atoms with E-state index in [2.05, 4.69) is 5.32 Å². The number of phenols is 1. The molecule has 0 bridgehead atoms. The molecule has 46 heavy (non-hydrogen) atoms. The lowest BCUT2D eigenvalue weighted by atomic mass is 9.92. The van der Waals surface area contributed by atoms with E-state index in [0.29, 0.717) is 11.3 Å². The van der Waals surface area contributed by atoms with Gasteiger partial charge in [0.15, 0.2) is 5.76 Å². The summed E-state index contributed by atoms with van der Waals surface area (Å²) in [5, 5.41) is 23.3. The first kappa shape index (κ1) is 32.7. The number of hydrogen-bond acceptors (Lipinski definition) is 9. The highest BCUT2D eigenvalue weighted by Gasteiger charge is 2.32. The van der Waals surface area contributed by atoms with Crippen LogP contribution in [-0.2, 0) is 24.3 Å². The topological polar surface area (TPSA) is 157 Å². The van der Waals surface area contributed by atoms with Gasteiger partial charge in [-0.05, 0) is 54.1 Å². The number of carbonyl (C=O) groups excluding carboxylic acids is 2. The van der Waals surface area contributed by atoms with Gasteiger partial charge < -0.3 is 29.7 Å². The van der Waals surface area contributed by atoms with Crippen molar-refractivity contribution < 1.29 is 42.4 Å². The van der Waals surface area contributed by atoms with E-state index in [0.717, 1.165) is 15.3 Å². The Kier molecular flexibility index (Phi) is 10.1. The minimum atomic E-state index is -3.97. The number of aliphatic hydroxyl groups is 1. The number of benzene rings is 3. The molecule has 3 aromatic carbocycles. The molecule has 0 spiro atoms. The minimum Gasteiger partial charge on any atom is -0.506 e. The Balaban J connectivity index is 1.39. The van der Waals surface area contributed by atoms with Crippen molar-refractivity contribution >= 4 is 38.4 Å². The van der Waals surface area contributed by atoms with Crippen LogP contribution in [-0.4, -0.2) is 79.0 Å². The number of para-hydroxylation sites is 3. The molecular formula is C33H35N3O9S. The van der Waals surface area contributed by atoms with Crippen LogP contribution in [0.15, 0.2) is 95.7 Å². The van der Waals surface area contributed by atoms with Crippen molar-refractivity contribution in [1.82, 2.24) is 8.87 Å². The largest absolute Gasteiger partial charge is 0.506 e. The molecule has 2 heterocycles. The van der Waals surface area contributed by atoms with Crippen LogP contribution in [0.4, 0.5) is 5.69 Å². The van der Waals surface area contributed by atoms with Gasteiger partial charge in [-0.3, -0.25) is 14.2 Å². The summed E-state index contributed by atoms with van der Waals surface area (Å²) in [6.45, 7) is 0.676. The highest BCUT2D eigenvalue weighted by Crippen LogP contribution is 2.37. The molecule has 1 aliphatic rings. The number of fused-ring (bicyclic) bond motifs is 1. The number of ether oxygens (including phenoxy) is 3. The van der Waals surface area contributed by atoms with E-state index in [4.69, 9.17) is 14.2 Å². The number of aliphatic hydroxyl groups excluding tert-OH is 1. The van der Waals surface area contributed by atoms with E-state index in [1.54, 1.807) is 35.0 Å². The Hall–Kier alpha value is -4.69. The quantitative estimate of drug-likeness (QED) is 0.193. The first-order valence-corrected chi connectivity index (χ1v) is 16.0. The van der Waals surface area contributed by atoms with Crippen LogP contribution in [0.25, 0.3) is 10.9 Å². The van der Waals surface area contributed by atoms with E-state index in [-0.39, 0.29) is 54.1 Å². The second-order valence-electron chi connectivity index (χ2n) is 10.6. The number of nitrogens with zero attached hydrogens (tertiary/aromatic N) is 2. The molecule has 2 atom stereocenters. The van der Waals surface area contributed by atoms with Crippen LogP contribution in [0, 0.1) is 0 Å². The maximum atomic E-state index is 13.4. The zero-order valence-corrected chi connectivity index (χ0v) is 26.1. The Labute approximate surface area is 266 Å². The zero-order chi connectivity index (χ0) is 32.8. The summed E-state index contributed by atoms with van der Waals surface area (Å²) in [7, 11) is -2.49. The third-order valence-electron chi connectivity index (χ3n) is 7.61. The minimum absolute atomic E-state index is 0.0312. The van der Waals surface area contributed by atoms with Crippen LogP contribution in [0.2, 0.25) is 0 Å². The SMILES string of the molecule is COc1ccc(S(=O)(=O)N(CCO)CCO[C@H]2C[C@@H](c3cn(C(C)=O)c4ccccc34)C=C(C(=O)Nc3ccccc3O)O2)cc1. The molecule has 5 rings (SSSR count). The number of allylic oxidation sites excluding steroid dienone is 1. The number of phenolic OH excluding ortho intramolecular Hbond substituents is 1. The smallest absolute Gasteiger partial charge is 0.290 e. The molecule has 12 nitrogen and oxygen atoms in total. The van der Waals surface area contributed by atoms with Crippen LogP contribution in [0.3, 0.4) is 0 Å². The second kappa shape index (κ2) is 14.2. The number of aromatic nitrogens is 1. The summed E-state index contributed by atoms with van der Waals surface area (Å²) in [5.41, 5.74) is 1.68. The summed E-state index contributed by atoms with van der Waals surface area (Å²) in [5.74, 6) is -0.914. The Morgan fingerprint density at radius 3 is 2.46 bits per heavy atom. The van der Waals surface area contributed by atoms with Gasteiger partial charge in [-0.2, -0.15) is 4.31 Å². The van der Waals surface area contributed by atoms with Gasteiger partial charge in [0, 0.05) is 43.9 Å². The number of anilines is 1. The molecule has 13 heteroatoms. The number of methoxy groups -OCH3 is 1. The Bertz CT molecular complexity index is 1850. The van der Waals surface area contributed by atoms with Crippen molar-refractivity contribution in [2.45, 2.75) is 30.4 Å². The maximum absolute atomic E-state index is 13.4. The number of rotatable bonds is 12. The fourth-order valence-corrected chi connectivity index (χ4v) is 6.72. The molecule has 1 aromatic heterocycles. The predicted octanol–water partition coefficient (Wildman–Crippen LogP) is 4.07. The predicted molar refractivity (Wildman–Crippen MR) is 170 cm³/mol. The van der Waals surface area contributed by atoms with Gasteiger partial charge in [-0.15, -0.1) is 0 Å². The first-order valence-electron chi connectivity index (χ1n) is 14.6. The number of amides is 1. The standard InChI is InChI=1S/C33H35N3O9S/c1-22(38)36-21-27(26-7-3-5-9-29(26)36)23-19-31(33(40)34-28-8-4-6-10-30(28)39)45-32(20-23)44-18-16-35(15-17-37)46(41,42)25-13-11-24(43-2)12-14-25/h3-14,19,21,23,32,37,39H,15-18,20H2,1-2H3,(H,34,40)/t23-,32+/m0/s1. The van der Waals surface area contributed by atoms with Gasteiger partial charge in [0.2, 0.25) is 22.2 Å². The van der Waals surface area contributed by atoms with Crippen LogP contribution < -0.4 is 10.1 Å². The van der Waals surface area contributed by atoms with Crippen molar-refractivity contribution in [2.24, 2.45) is 0 Å². The highest BCUT2D eigenvalue weighted by molar-refractivity contribution is 7.89. The van der Waals surface area contributed by atoms with Crippen molar-refractivity contribution in [1.29, 1.82) is 0 Å². The molecule has 0 saturated carbocycles. The molecule has 0 fully saturated rings. The van der Waals surface area contributed by atoms with Gasteiger partial charge in [-0.25, -0.2) is 8.42 Å². The lowest BCUT2D eigenvalue weighted by Crippen LogP contribution is -2.37. The summed E-state index contributed by atoms with van der Waals surface area (Å²) in [6.07, 6.45) is 2.66. The third kappa shape index (κ3) is 7.07. The highest BCUT2D eigenvalue weighted by atomic mass is 32.2. The van der Waals surface area contributed by atoms with Crippen molar-refractivity contribution in [3.05, 3.63) is 96.4 Å². The van der Waals surface area contributed by atoms with Crippen LogP contribution in [0.5, 0.6) is 11.5 Å². The van der Waals surface area contributed by atoms with Gasteiger partial charge in [-0.1, -0.05) is 30.3 Å². The molecule has 0 aliphatic carbocycles. The monoisotopic (exact) mass is 649 g/mol. The Morgan fingerprint density at radius 2 is 1.76 bits per heavy atom. The van der Waals surface area contributed by atoms with Crippen molar-refractivity contribution in [3.8, 4) is 11.5 Å². The van der Waals surface area contributed by atoms with Gasteiger partial charge in [0.1, 0.15) is 11.5 Å². The van der Waals surface area contributed by atoms with E-state index in [1.165, 1.54) is 44.4 Å². The number of aromatic hydroxyl groups is 1. The molecule has 242 valence electrons. The molecule has 1 aliphatic heterocycles. The molecule has 0 unspecified atom stereocenters. The van der Waals surface area contributed by atoms with Crippen LogP contribution >= 0.6 is 0 Å². The fraction of sp³-hybridized carbons (Fsp3) is 0.273. The first-order chi connectivity index (χ1) is 22.1. The normalized spacial score (nSPS) is 16.6. The lowest BCUT2D eigenvalue weighted by Gasteiger charge is -2.30. The average Bonchev–Trinajstić information content (AvgIpc) is 3.45. The van der Waals surface area contributed by atoms with Gasteiger partial charge in [0.25, 0.3) is 5.91 Å².